The van der Waals surface area contributed by atoms with Crippen LogP contribution in [0.1, 0.15) is 22.0 Å². The fourth-order valence-electron chi connectivity index (χ4n) is 2.24. The van der Waals surface area contributed by atoms with E-state index in [2.05, 4.69) is 15.1 Å². The van der Waals surface area contributed by atoms with Crippen LogP contribution in [0.15, 0.2) is 24.3 Å². The molecule has 2 aromatic heterocycles. The number of carbonyl (C=O) groups excluding carboxylic acids is 2. The molecule has 0 spiro atoms. The van der Waals surface area contributed by atoms with Crippen molar-refractivity contribution in [3.8, 4) is 0 Å². The van der Waals surface area contributed by atoms with E-state index in [4.69, 9.17) is 4.74 Å². The topological polar surface area (TPSA) is 98.5 Å². The molecule has 134 valence electrons. The first-order chi connectivity index (χ1) is 12.3. The van der Waals surface area contributed by atoms with Gasteiger partial charge in [-0.2, -0.15) is 4.98 Å². The quantitative estimate of drug-likeness (QED) is 0.712. The number of halogens is 2. The predicted octanol–water partition coefficient (Wildman–Crippen LogP) is 1.81. The number of carbonyl (C=O) groups is 2. The minimum absolute atomic E-state index is 0.215. The number of rotatable bonds is 4. The van der Waals surface area contributed by atoms with Crippen molar-refractivity contribution in [2.24, 2.45) is 0 Å². The van der Waals surface area contributed by atoms with E-state index in [0.29, 0.717) is 11.4 Å². The van der Waals surface area contributed by atoms with Crippen LogP contribution in [0.25, 0.3) is 5.78 Å². The number of amides is 1. The van der Waals surface area contributed by atoms with Crippen molar-refractivity contribution < 1.29 is 23.1 Å². The second kappa shape index (κ2) is 6.82. The Labute approximate surface area is 145 Å². The average Bonchev–Trinajstić information content (AvgIpc) is 3.00. The summed E-state index contributed by atoms with van der Waals surface area (Å²) >= 11 is 0. The van der Waals surface area contributed by atoms with Gasteiger partial charge in [-0.3, -0.25) is 4.79 Å². The summed E-state index contributed by atoms with van der Waals surface area (Å²) in [5, 5.41) is 5.96. The highest BCUT2D eigenvalue weighted by molar-refractivity contribution is 5.94. The molecule has 2 heterocycles. The van der Waals surface area contributed by atoms with Crippen molar-refractivity contribution in [1.29, 1.82) is 0 Å². The summed E-state index contributed by atoms with van der Waals surface area (Å²) in [6, 6.07) is 4.89. The van der Waals surface area contributed by atoms with Gasteiger partial charge in [-0.15, -0.1) is 5.10 Å². The number of anilines is 1. The van der Waals surface area contributed by atoms with Crippen molar-refractivity contribution in [2.45, 2.75) is 13.8 Å². The lowest BCUT2D eigenvalue weighted by Gasteiger charge is -2.07. The molecule has 26 heavy (non-hydrogen) atoms. The number of hydrogen-bond donors (Lipinski definition) is 1. The normalized spacial score (nSPS) is 10.8. The van der Waals surface area contributed by atoms with Crippen molar-refractivity contribution in [3.63, 3.8) is 0 Å². The van der Waals surface area contributed by atoms with Gasteiger partial charge < -0.3 is 10.1 Å². The van der Waals surface area contributed by atoms with Crippen molar-refractivity contribution in [2.75, 3.05) is 11.9 Å². The Morgan fingerprint density at radius 1 is 1.19 bits per heavy atom. The van der Waals surface area contributed by atoms with Gasteiger partial charge in [0.25, 0.3) is 17.5 Å². The maximum absolute atomic E-state index is 13.5. The standard InChI is InChI=1S/C16H13F2N5O3/c1-8-6-9(2)23-16(19-8)21-14(22-23)15(25)26-7-12(24)20-13-10(17)4-3-5-11(13)18/h3-6H,7H2,1-2H3,(H,20,24). The molecule has 0 aliphatic heterocycles. The lowest BCUT2D eigenvalue weighted by molar-refractivity contribution is -0.119. The third-order valence-corrected chi connectivity index (χ3v) is 3.36. The summed E-state index contributed by atoms with van der Waals surface area (Å²) in [7, 11) is 0. The molecule has 3 aromatic rings. The molecular formula is C16H13F2N5O3. The van der Waals surface area contributed by atoms with Crippen LogP contribution in [0, 0.1) is 25.5 Å². The van der Waals surface area contributed by atoms with Crippen LogP contribution in [-0.4, -0.2) is 38.1 Å². The van der Waals surface area contributed by atoms with Crippen molar-refractivity contribution >= 4 is 23.3 Å². The number of aromatic nitrogens is 4. The number of ether oxygens (including phenoxy) is 1. The molecule has 3 rings (SSSR count). The Bertz CT molecular complexity index is 998. The third kappa shape index (κ3) is 3.48. The van der Waals surface area contributed by atoms with Crippen LogP contribution in [0.2, 0.25) is 0 Å². The summed E-state index contributed by atoms with van der Waals surface area (Å²) in [5.74, 6) is -3.82. The zero-order chi connectivity index (χ0) is 18.8. The molecule has 1 amide bonds. The van der Waals surface area contributed by atoms with Gasteiger partial charge in [0.1, 0.15) is 17.3 Å². The van der Waals surface area contributed by atoms with E-state index in [1.54, 1.807) is 19.9 Å². The van der Waals surface area contributed by atoms with E-state index in [0.717, 1.165) is 18.2 Å². The summed E-state index contributed by atoms with van der Waals surface area (Å²) in [5.41, 5.74) is 0.801. The Balaban J connectivity index is 1.67. The van der Waals surface area contributed by atoms with E-state index in [-0.39, 0.29) is 11.6 Å². The summed E-state index contributed by atoms with van der Waals surface area (Å²) in [6.07, 6.45) is 0. The monoisotopic (exact) mass is 361 g/mol. The maximum Gasteiger partial charge on any atom is 0.378 e. The summed E-state index contributed by atoms with van der Waals surface area (Å²) < 4.78 is 33.1. The maximum atomic E-state index is 13.5. The molecule has 0 aliphatic carbocycles. The Kier molecular flexibility index (Phi) is 4.57. The number of nitrogens with zero attached hydrogens (tertiary/aromatic N) is 4. The lowest BCUT2D eigenvalue weighted by atomic mass is 10.3. The number of fused-ring (bicyclic) bond motifs is 1. The molecule has 0 unspecified atom stereocenters. The highest BCUT2D eigenvalue weighted by atomic mass is 19.1. The Morgan fingerprint density at radius 3 is 2.58 bits per heavy atom. The first-order valence-corrected chi connectivity index (χ1v) is 7.47. The lowest BCUT2D eigenvalue weighted by Crippen LogP contribution is -2.22. The number of para-hydroxylation sites is 1. The smallest absolute Gasteiger partial charge is 0.378 e. The van der Waals surface area contributed by atoms with Gasteiger partial charge in [0.15, 0.2) is 6.61 Å². The largest absolute Gasteiger partial charge is 0.450 e. The average molecular weight is 361 g/mol. The number of esters is 1. The first-order valence-electron chi connectivity index (χ1n) is 7.47. The molecule has 0 saturated carbocycles. The number of hydrogen-bond acceptors (Lipinski definition) is 6. The molecule has 0 fully saturated rings. The molecule has 1 aromatic carbocycles. The minimum Gasteiger partial charge on any atom is -0.450 e. The summed E-state index contributed by atoms with van der Waals surface area (Å²) in [6.45, 7) is 2.78. The number of nitrogens with one attached hydrogen (secondary N) is 1. The van der Waals surface area contributed by atoms with Gasteiger partial charge >= 0.3 is 5.97 Å². The second-order valence-electron chi connectivity index (χ2n) is 5.41. The van der Waals surface area contributed by atoms with Gasteiger partial charge in [-0.25, -0.2) is 23.1 Å². The molecule has 0 radical (unpaired) electrons. The number of aryl methyl sites for hydroxylation is 2. The summed E-state index contributed by atoms with van der Waals surface area (Å²) in [4.78, 5) is 31.8. The van der Waals surface area contributed by atoms with Crippen LogP contribution < -0.4 is 5.32 Å². The van der Waals surface area contributed by atoms with Crippen LogP contribution in [-0.2, 0) is 9.53 Å². The van der Waals surface area contributed by atoms with Crippen molar-refractivity contribution in [1.82, 2.24) is 19.6 Å². The van der Waals surface area contributed by atoms with E-state index >= 15 is 0 Å². The minimum atomic E-state index is -0.961. The fourth-order valence-corrected chi connectivity index (χ4v) is 2.24. The fraction of sp³-hybridized carbons (Fsp3) is 0.188. The molecule has 1 N–H and O–H groups in total. The first kappa shape index (κ1) is 17.4. The van der Waals surface area contributed by atoms with E-state index in [1.807, 2.05) is 5.32 Å². The highest BCUT2D eigenvalue weighted by Gasteiger charge is 2.19. The Morgan fingerprint density at radius 2 is 1.88 bits per heavy atom. The molecule has 0 atom stereocenters. The van der Waals surface area contributed by atoms with Gasteiger partial charge in [0, 0.05) is 11.4 Å². The van der Waals surface area contributed by atoms with Gasteiger partial charge in [-0.05, 0) is 32.0 Å². The van der Waals surface area contributed by atoms with Crippen molar-refractivity contribution in [3.05, 3.63) is 53.1 Å². The van der Waals surface area contributed by atoms with E-state index < -0.39 is 35.8 Å². The third-order valence-electron chi connectivity index (χ3n) is 3.36. The molecule has 0 saturated heterocycles. The SMILES string of the molecule is Cc1cc(C)n2nc(C(=O)OCC(=O)Nc3c(F)cccc3F)nc2n1. The van der Waals surface area contributed by atoms with Crippen LogP contribution in [0.3, 0.4) is 0 Å². The van der Waals surface area contributed by atoms with E-state index in [9.17, 15) is 18.4 Å². The highest BCUT2D eigenvalue weighted by Crippen LogP contribution is 2.17. The van der Waals surface area contributed by atoms with Gasteiger partial charge in [-0.1, -0.05) is 6.07 Å². The zero-order valence-electron chi connectivity index (χ0n) is 13.8. The molecule has 0 aliphatic rings. The Hall–Kier alpha value is -3.43. The molecule has 10 heteroatoms. The number of benzene rings is 1. The van der Waals surface area contributed by atoms with E-state index in [1.165, 1.54) is 4.52 Å². The predicted molar refractivity (Wildman–Crippen MR) is 85.5 cm³/mol. The van der Waals surface area contributed by atoms with Crippen LogP contribution in [0.4, 0.5) is 14.5 Å². The van der Waals surface area contributed by atoms with Crippen LogP contribution >= 0.6 is 0 Å². The molecular weight excluding hydrogens is 348 g/mol. The van der Waals surface area contributed by atoms with Crippen LogP contribution in [0.5, 0.6) is 0 Å². The zero-order valence-corrected chi connectivity index (χ0v) is 13.8. The second-order valence-corrected chi connectivity index (χ2v) is 5.41. The van der Waals surface area contributed by atoms with Gasteiger partial charge in [0.05, 0.1) is 0 Å². The molecule has 8 nitrogen and oxygen atoms in total. The molecule has 0 bridgehead atoms. The van der Waals surface area contributed by atoms with Gasteiger partial charge in [0.2, 0.25) is 0 Å².